The molecule has 0 fully saturated rings. The molecule has 4 aromatic carbocycles. The lowest BCUT2D eigenvalue weighted by Gasteiger charge is -2.20. The van der Waals surface area contributed by atoms with Crippen molar-refractivity contribution < 1.29 is 0 Å². The Morgan fingerprint density at radius 1 is 0.647 bits per heavy atom. The van der Waals surface area contributed by atoms with Crippen molar-refractivity contribution in [1.29, 1.82) is 0 Å². The molecule has 0 amide bonds. The topological polar surface area (TPSA) is 0 Å². The van der Waals surface area contributed by atoms with Crippen LogP contribution in [-0.2, 0) is 0 Å². The molecule has 0 saturated carbocycles. The van der Waals surface area contributed by atoms with E-state index in [1.165, 1.54) is 38.9 Å². The number of halogens is 3. The van der Waals surface area contributed by atoms with E-state index < -0.39 is 0 Å². The Kier molecular flexibility index (Phi) is 7.43. The second-order valence-electron chi connectivity index (χ2n) is 9.36. The van der Waals surface area contributed by atoms with Gasteiger partial charge in [-0.1, -0.05) is 65.6 Å². The minimum absolute atomic E-state index is 0.431. The lowest BCUT2D eigenvalue weighted by atomic mass is 9.87. The average Bonchev–Trinajstić information content (AvgIpc) is 2.82. The Morgan fingerprint density at radius 2 is 1.24 bits per heavy atom. The van der Waals surface area contributed by atoms with E-state index in [1.807, 2.05) is 6.07 Å². The quantitative estimate of drug-likeness (QED) is 0.220. The third-order valence-corrected chi connectivity index (χ3v) is 9.00. The van der Waals surface area contributed by atoms with Gasteiger partial charge in [-0.05, 0) is 142 Å². The maximum absolute atomic E-state index is 6.78. The van der Waals surface area contributed by atoms with Gasteiger partial charge in [-0.15, -0.1) is 0 Å². The van der Waals surface area contributed by atoms with Crippen LogP contribution in [0.3, 0.4) is 0 Å². The number of benzene rings is 4. The van der Waals surface area contributed by atoms with Gasteiger partial charge >= 0.3 is 0 Å². The molecule has 0 unspecified atom stereocenters. The van der Waals surface area contributed by atoms with Gasteiger partial charge in [0.15, 0.2) is 0 Å². The van der Waals surface area contributed by atoms with Crippen LogP contribution in [0.25, 0.3) is 33.4 Å². The Balaban J connectivity index is 2.07. The molecule has 0 radical (unpaired) electrons. The van der Waals surface area contributed by atoms with Gasteiger partial charge in [0.1, 0.15) is 0 Å². The lowest BCUT2D eigenvalue weighted by molar-refractivity contribution is 0.867. The normalized spacial score (nSPS) is 11.4. The average molecular weight is 597 g/mol. The van der Waals surface area contributed by atoms with Crippen molar-refractivity contribution in [2.24, 2.45) is 0 Å². The number of hydrogen-bond donors (Lipinski definition) is 0. The van der Waals surface area contributed by atoms with E-state index in [2.05, 4.69) is 128 Å². The molecule has 0 aliphatic rings. The molecular weight excluding hydrogens is 568 g/mol. The number of hydrogen-bond acceptors (Lipinski definition) is 0. The highest BCUT2D eigenvalue weighted by molar-refractivity contribution is 9.11. The van der Waals surface area contributed by atoms with Gasteiger partial charge < -0.3 is 0 Å². The summed E-state index contributed by atoms with van der Waals surface area (Å²) in [5, 5.41) is 0.770. The molecule has 0 spiro atoms. The maximum atomic E-state index is 6.78. The van der Waals surface area contributed by atoms with Crippen molar-refractivity contribution in [3.63, 3.8) is 0 Å². The molecule has 0 aliphatic carbocycles. The van der Waals surface area contributed by atoms with Crippen LogP contribution in [0.2, 0.25) is 5.02 Å². The summed E-state index contributed by atoms with van der Waals surface area (Å²) in [6.07, 6.45) is 0. The first-order valence-corrected chi connectivity index (χ1v) is 13.5. The van der Waals surface area contributed by atoms with Crippen LogP contribution in [0, 0.1) is 27.7 Å². The van der Waals surface area contributed by atoms with Crippen molar-refractivity contribution in [2.45, 2.75) is 47.5 Å². The summed E-state index contributed by atoms with van der Waals surface area (Å²) in [6.45, 7) is 13.3. The smallest absolute Gasteiger partial charge is 0.0484 e. The highest BCUT2D eigenvalue weighted by atomic mass is 79.9. The predicted octanol–water partition coefficient (Wildman–Crippen LogP) is 11.2. The standard InChI is InChI=1S/C31H29Br2Cl/c1-17(2)22-11-12-29(34)27(16-22)24-13-23(26-9-7-8-10-28(26)32)14-25(15-24)30-20(5)18(3)19(4)21(6)31(30)33/h7-17H,1-6H3. The fraction of sp³-hybridized carbons (Fsp3) is 0.226. The van der Waals surface area contributed by atoms with Gasteiger partial charge in [0.25, 0.3) is 0 Å². The molecule has 174 valence electrons. The highest BCUT2D eigenvalue weighted by Gasteiger charge is 2.18. The molecule has 0 aromatic heterocycles. The van der Waals surface area contributed by atoms with Crippen molar-refractivity contribution >= 4 is 43.5 Å². The monoisotopic (exact) mass is 594 g/mol. The van der Waals surface area contributed by atoms with E-state index in [9.17, 15) is 0 Å². The molecule has 4 rings (SSSR count). The Labute approximate surface area is 225 Å². The first-order valence-electron chi connectivity index (χ1n) is 11.6. The largest absolute Gasteiger partial charge is 0.0837 e. The zero-order chi connectivity index (χ0) is 24.7. The third-order valence-electron chi connectivity index (χ3n) is 6.99. The molecule has 0 N–H and O–H groups in total. The molecule has 0 bridgehead atoms. The molecule has 3 heteroatoms. The summed E-state index contributed by atoms with van der Waals surface area (Å²) in [7, 11) is 0. The highest BCUT2D eigenvalue weighted by Crippen LogP contribution is 2.43. The van der Waals surface area contributed by atoms with Crippen LogP contribution >= 0.6 is 43.5 Å². The van der Waals surface area contributed by atoms with Crippen LogP contribution in [-0.4, -0.2) is 0 Å². The molecule has 0 aliphatic heterocycles. The van der Waals surface area contributed by atoms with E-state index in [0.29, 0.717) is 5.92 Å². The summed E-state index contributed by atoms with van der Waals surface area (Å²) in [5.74, 6) is 0.431. The van der Waals surface area contributed by atoms with Crippen molar-refractivity contribution in [3.05, 3.63) is 102 Å². The predicted molar refractivity (Wildman–Crippen MR) is 156 cm³/mol. The molecule has 0 nitrogen and oxygen atoms in total. The van der Waals surface area contributed by atoms with Gasteiger partial charge in [-0.25, -0.2) is 0 Å². The summed E-state index contributed by atoms with van der Waals surface area (Å²) in [5.41, 5.74) is 13.5. The second kappa shape index (κ2) is 10.0. The van der Waals surface area contributed by atoms with E-state index in [4.69, 9.17) is 11.6 Å². The summed E-state index contributed by atoms with van der Waals surface area (Å²) < 4.78 is 2.23. The number of rotatable bonds is 4. The van der Waals surface area contributed by atoms with Gasteiger partial charge in [-0.2, -0.15) is 0 Å². The van der Waals surface area contributed by atoms with Crippen LogP contribution in [0.5, 0.6) is 0 Å². The Morgan fingerprint density at radius 3 is 1.88 bits per heavy atom. The summed E-state index contributed by atoms with van der Waals surface area (Å²) in [6, 6.07) is 21.6. The summed E-state index contributed by atoms with van der Waals surface area (Å²) >= 11 is 14.5. The lowest BCUT2D eigenvalue weighted by Crippen LogP contribution is -1.98. The zero-order valence-electron chi connectivity index (χ0n) is 20.5. The van der Waals surface area contributed by atoms with E-state index >= 15 is 0 Å². The molecule has 0 saturated heterocycles. The van der Waals surface area contributed by atoms with E-state index in [1.54, 1.807) is 0 Å². The first-order chi connectivity index (χ1) is 16.1. The van der Waals surface area contributed by atoms with Crippen LogP contribution in [0.4, 0.5) is 0 Å². The zero-order valence-corrected chi connectivity index (χ0v) is 24.4. The molecule has 0 atom stereocenters. The molecule has 4 aromatic rings. The van der Waals surface area contributed by atoms with E-state index in [0.717, 1.165) is 36.2 Å². The van der Waals surface area contributed by atoms with Gasteiger partial charge in [-0.3, -0.25) is 0 Å². The van der Waals surface area contributed by atoms with Crippen molar-refractivity contribution in [2.75, 3.05) is 0 Å². The summed E-state index contributed by atoms with van der Waals surface area (Å²) in [4.78, 5) is 0. The van der Waals surface area contributed by atoms with Crippen LogP contribution in [0.15, 0.2) is 69.6 Å². The minimum atomic E-state index is 0.431. The van der Waals surface area contributed by atoms with Crippen LogP contribution < -0.4 is 0 Å². The van der Waals surface area contributed by atoms with Crippen LogP contribution in [0.1, 0.15) is 47.6 Å². The third kappa shape index (κ3) is 4.65. The maximum Gasteiger partial charge on any atom is 0.0484 e. The fourth-order valence-electron chi connectivity index (χ4n) is 4.51. The second-order valence-corrected chi connectivity index (χ2v) is 11.4. The van der Waals surface area contributed by atoms with Crippen molar-refractivity contribution in [1.82, 2.24) is 0 Å². The molecule has 0 heterocycles. The Bertz CT molecular complexity index is 1370. The molecule has 34 heavy (non-hydrogen) atoms. The van der Waals surface area contributed by atoms with Gasteiger partial charge in [0.2, 0.25) is 0 Å². The first kappa shape index (κ1) is 25.2. The fourth-order valence-corrected chi connectivity index (χ4v) is 6.08. The van der Waals surface area contributed by atoms with E-state index in [-0.39, 0.29) is 0 Å². The minimum Gasteiger partial charge on any atom is -0.0837 e. The SMILES string of the molecule is Cc1c(C)c(C)c(-c2cc(-c3cc(C(C)C)ccc3Cl)cc(-c3ccccc3Br)c2)c(Br)c1C. The van der Waals surface area contributed by atoms with Crippen molar-refractivity contribution in [3.8, 4) is 33.4 Å². The molecular formula is C31H29Br2Cl. The Hall–Kier alpha value is -1.87. The van der Waals surface area contributed by atoms with Gasteiger partial charge in [0.05, 0.1) is 0 Å². The van der Waals surface area contributed by atoms with Gasteiger partial charge in [0, 0.05) is 19.5 Å².